The molecular weight excluding hydrogens is 258 g/mol. The van der Waals surface area contributed by atoms with Crippen molar-refractivity contribution < 1.29 is 9.47 Å². The second kappa shape index (κ2) is 6.44. The van der Waals surface area contributed by atoms with Crippen molar-refractivity contribution in [1.29, 1.82) is 5.26 Å². The van der Waals surface area contributed by atoms with E-state index in [0.29, 0.717) is 18.8 Å². The van der Waals surface area contributed by atoms with E-state index in [-0.39, 0.29) is 0 Å². The lowest BCUT2D eigenvalue weighted by molar-refractivity contribution is 0.172. The van der Waals surface area contributed by atoms with Crippen molar-refractivity contribution in [3.05, 3.63) is 28.2 Å². The van der Waals surface area contributed by atoms with Crippen molar-refractivity contribution in [1.82, 2.24) is 0 Å². The van der Waals surface area contributed by atoms with Gasteiger partial charge in [-0.2, -0.15) is 5.26 Å². The van der Waals surface area contributed by atoms with Crippen LogP contribution in [0, 0.1) is 11.3 Å². The Labute approximate surface area is 97.7 Å². The van der Waals surface area contributed by atoms with E-state index in [2.05, 4.69) is 22.0 Å². The molecule has 0 aliphatic rings. The molecule has 3 nitrogen and oxygen atoms in total. The molecular formula is C11H12BrNO2. The number of nitriles is 1. The molecule has 0 amide bonds. The van der Waals surface area contributed by atoms with Gasteiger partial charge >= 0.3 is 0 Å². The molecule has 1 rings (SSSR count). The van der Waals surface area contributed by atoms with E-state index in [9.17, 15) is 0 Å². The first-order valence-electron chi connectivity index (χ1n) is 4.59. The molecule has 0 radical (unpaired) electrons. The molecule has 0 aliphatic carbocycles. The second-order valence-electron chi connectivity index (χ2n) is 2.95. The summed E-state index contributed by atoms with van der Waals surface area (Å²) in [7, 11) is 1.66. The lowest BCUT2D eigenvalue weighted by Crippen LogP contribution is -2.01. The van der Waals surface area contributed by atoms with Crippen molar-refractivity contribution >= 4 is 15.9 Å². The quantitative estimate of drug-likeness (QED) is 0.772. The van der Waals surface area contributed by atoms with Crippen molar-refractivity contribution in [2.24, 2.45) is 0 Å². The van der Waals surface area contributed by atoms with Crippen molar-refractivity contribution in [2.45, 2.75) is 6.42 Å². The number of nitrogens with zero attached hydrogens (tertiary/aromatic N) is 1. The molecule has 4 heteroatoms. The molecule has 0 fully saturated rings. The van der Waals surface area contributed by atoms with Crippen LogP contribution in [0.3, 0.4) is 0 Å². The highest BCUT2D eigenvalue weighted by Gasteiger charge is 2.00. The summed E-state index contributed by atoms with van der Waals surface area (Å²) in [5.41, 5.74) is 0.610. The molecule has 0 atom stereocenters. The highest BCUT2D eigenvalue weighted by molar-refractivity contribution is 9.10. The van der Waals surface area contributed by atoms with Crippen molar-refractivity contribution in [3.63, 3.8) is 0 Å². The van der Waals surface area contributed by atoms with Crippen LogP contribution in [-0.4, -0.2) is 20.3 Å². The average molecular weight is 270 g/mol. The molecule has 1 aromatic carbocycles. The maximum atomic E-state index is 8.72. The number of rotatable bonds is 5. The van der Waals surface area contributed by atoms with E-state index in [0.717, 1.165) is 16.6 Å². The van der Waals surface area contributed by atoms with Gasteiger partial charge in [-0.05, 0) is 34.1 Å². The Morgan fingerprint density at radius 3 is 2.80 bits per heavy atom. The Hall–Kier alpha value is -1.05. The molecule has 1 aromatic rings. The van der Waals surface area contributed by atoms with Crippen LogP contribution < -0.4 is 4.74 Å². The van der Waals surface area contributed by atoms with Gasteiger partial charge in [-0.1, -0.05) is 0 Å². The lowest BCUT2D eigenvalue weighted by Gasteiger charge is -2.06. The van der Waals surface area contributed by atoms with Gasteiger partial charge in [0.25, 0.3) is 0 Å². The predicted molar refractivity (Wildman–Crippen MR) is 60.8 cm³/mol. The number of hydrogen-bond donors (Lipinski definition) is 0. The van der Waals surface area contributed by atoms with Crippen molar-refractivity contribution in [3.8, 4) is 11.8 Å². The van der Waals surface area contributed by atoms with Crippen LogP contribution in [0.5, 0.6) is 5.75 Å². The van der Waals surface area contributed by atoms with Gasteiger partial charge in [-0.25, -0.2) is 0 Å². The average Bonchev–Trinajstić information content (AvgIpc) is 2.25. The third-order valence-electron chi connectivity index (χ3n) is 1.82. The van der Waals surface area contributed by atoms with E-state index < -0.39 is 0 Å². The van der Waals surface area contributed by atoms with E-state index >= 15 is 0 Å². The van der Waals surface area contributed by atoms with Crippen LogP contribution in [0.1, 0.15) is 12.0 Å². The lowest BCUT2D eigenvalue weighted by atomic mass is 10.2. The number of benzene rings is 1. The van der Waals surface area contributed by atoms with Gasteiger partial charge in [0.2, 0.25) is 0 Å². The zero-order valence-corrected chi connectivity index (χ0v) is 10.1. The molecule has 0 saturated carbocycles. The van der Waals surface area contributed by atoms with Crippen LogP contribution in [-0.2, 0) is 4.74 Å². The summed E-state index contributed by atoms with van der Waals surface area (Å²) >= 11 is 3.30. The standard InChI is InChI=1S/C11H12BrNO2/c1-14-5-2-6-15-10-4-3-9(8-13)11(12)7-10/h3-4,7H,2,5-6H2,1H3. The minimum Gasteiger partial charge on any atom is -0.493 e. The fourth-order valence-electron chi connectivity index (χ4n) is 1.07. The van der Waals surface area contributed by atoms with E-state index in [4.69, 9.17) is 14.7 Å². The first-order chi connectivity index (χ1) is 7.27. The van der Waals surface area contributed by atoms with Crippen LogP contribution in [0.25, 0.3) is 0 Å². The van der Waals surface area contributed by atoms with Crippen LogP contribution in [0.4, 0.5) is 0 Å². The van der Waals surface area contributed by atoms with E-state index in [1.165, 1.54) is 0 Å². The summed E-state index contributed by atoms with van der Waals surface area (Å²) in [5, 5.41) is 8.72. The molecule has 0 bridgehead atoms. The Morgan fingerprint density at radius 1 is 1.40 bits per heavy atom. The summed E-state index contributed by atoms with van der Waals surface area (Å²) in [6, 6.07) is 7.39. The molecule has 0 saturated heterocycles. The zero-order chi connectivity index (χ0) is 11.1. The topological polar surface area (TPSA) is 42.2 Å². The molecule has 0 spiro atoms. The second-order valence-corrected chi connectivity index (χ2v) is 3.80. The van der Waals surface area contributed by atoms with Gasteiger partial charge in [0.1, 0.15) is 11.8 Å². The highest BCUT2D eigenvalue weighted by atomic mass is 79.9. The normalized spacial score (nSPS) is 9.67. The third kappa shape index (κ3) is 3.90. The maximum absolute atomic E-state index is 8.72. The third-order valence-corrected chi connectivity index (χ3v) is 2.48. The summed E-state index contributed by atoms with van der Waals surface area (Å²) < 4.78 is 11.1. The first kappa shape index (κ1) is 12.0. The van der Waals surface area contributed by atoms with Crippen LogP contribution >= 0.6 is 15.9 Å². The van der Waals surface area contributed by atoms with Gasteiger partial charge < -0.3 is 9.47 Å². The van der Waals surface area contributed by atoms with E-state index in [1.807, 2.05) is 0 Å². The fourth-order valence-corrected chi connectivity index (χ4v) is 1.52. The largest absolute Gasteiger partial charge is 0.493 e. The molecule has 0 aromatic heterocycles. The minimum absolute atomic E-state index is 0.610. The van der Waals surface area contributed by atoms with Gasteiger partial charge in [0.15, 0.2) is 0 Å². The molecule has 15 heavy (non-hydrogen) atoms. The number of hydrogen-bond acceptors (Lipinski definition) is 3. The Morgan fingerprint density at radius 2 is 2.20 bits per heavy atom. The number of methoxy groups -OCH3 is 1. The minimum atomic E-state index is 0.610. The molecule has 0 heterocycles. The van der Waals surface area contributed by atoms with Crippen LogP contribution in [0.15, 0.2) is 22.7 Å². The zero-order valence-electron chi connectivity index (χ0n) is 8.50. The monoisotopic (exact) mass is 269 g/mol. The Bertz CT molecular complexity index is 360. The molecule has 0 aliphatic heterocycles. The summed E-state index contributed by atoms with van der Waals surface area (Å²) in [6.45, 7) is 1.31. The van der Waals surface area contributed by atoms with Gasteiger partial charge in [0, 0.05) is 24.6 Å². The highest BCUT2D eigenvalue weighted by Crippen LogP contribution is 2.22. The van der Waals surface area contributed by atoms with Gasteiger partial charge in [-0.15, -0.1) is 0 Å². The van der Waals surface area contributed by atoms with Gasteiger partial charge in [0.05, 0.1) is 12.2 Å². The first-order valence-corrected chi connectivity index (χ1v) is 5.38. The smallest absolute Gasteiger partial charge is 0.120 e. The van der Waals surface area contributed by atoms with Gasteiger partial charge in [-0.3, -0.25) is 0 Å². The fraction of sp³-hybridized carbons (Fsp3) is 0.364. The summed E-state index contributed by atoms with van der Waals surface area (Å²) in [4.78, 5) is 0. The van der Waals surface area contributed by atoms with Crippen molar-refractivity contribution in [2.75, 3.05) is 20.3 Å². The SMILES string of the molecule is COCCCOc1ccc(C#N)c(Br)c1. The Kier molecular flexibility index (Phi) is 5.16. The molecule has 80 valence electrons. The predicted octanol–water partition coefficient (Wildman–Crippen LogP) is 2.74. The van der Waals surface area contributed by atoms with Crippen LogP contribution in [0.2, 0.25) is 0 Å². The Balaban J connectivity index is 2.49. The molecule has 0 N–H and O–H groups in total. The maximum Gasteiger partial charge on any atom is 0.120 e. The summed E-state index contributed by atoms with van der Waals surface area (Å²) in [6.07, 6.45) is 0.855. The van der Waals surface area contributed by atoms with E-state index in [1.54, 1.807) is 25.3 Å². The molecule has 0 unspecified atom stereocenters. The summed E-state index contributed by atoms with van der Waals surface area (Å²) in [5.74, 6) is 0.761. The number of ether oxygens (including phenoxy) is 2. The number of halogens is 1.